The number of aromatic amines is 1. The van der Waals surface area contributed by atoms with Gasteiger partial charge in [-0.05, 0) is 63.4 Å². The number of anilines is 2. The molecule has 2 aromatic carbocycles. The van der Waals surface area contributed by atoms with Gasteiger partial charge in [0, 0.05) is 25.7 Å². The van der Waals surface area contributed by atoms with Crippen LogP contribution in [-0.2, 0) is 16.6 Å². The molecule has 0 spiro atoms. The molecular formula is C27H33FN6O5S. The van der Waals surface area contributed by atoms with Crippen molar-refractivity contribution >= 4 is 32.8 Å². The Morgan fingerprint density at radius 1 is 1.15 bits per heavy atom. The maximum Gasteiger partial charge on any atom is 0.295 e. The highest BCUT2D eigenvalue weighted by Gasteiger charge is 2.24. The third-order valence-electron chi connectivity index (χ3n) is 6.62. The van der Waals surface area contributed by atoms with Gasteiger partial charge in [-0.25, -0.2) is 4.98 Å². The molecule has 1 aliphatic rings. The number of halogens is 1. The van der Waals surface area contributed by atoms with Gasteiger partial charge in [-0.3, -0.25) is 9.62 Å². The van der Waals surface area contributed by atoms with Crippen LogP contribution in [0.15, 0.2) is 46.0 Å². The van der Waals surface area contributed by atoms with E-state index in [-0.39, 0.29) is 28.3 Å². The summed E-state index contributed by atoms with van der Waals surface area (Å²) < 4.78 is 59.6. The summed E-state index contributed by atoms with van der Waals surface area (Å²) in [5, 5.41) is 3.32. The Labute approximate surface area is 232 Å². The van der Waals surface area contributed by atoms with Crippen LogP contribution in [0.25, 0.3) is 11.1 Å². The number of hydrogen-bond donors (Lipinski definition) is 3. The number of H-pyrrole nitrogens is 1. The number of piperidine rings is 1. The number of imidazole rings is 1. The normalized spacial score (nSPS) is 14.9. The van der Waals surface area contributed by atoms with E-state index in [0.29, 0.717) is 42.7 Å². The van der Waals surface area contributed by atoms with Gasteiger partial charge in [-0.1, -0.05) is 6.07 Å². The molecule has 1 saturated heterocycles. The minimum atomic E-state index is -3.87. The number of sulfonamides is 1. The van der Waals surface area contributed by atoms with E-state index >= 15 is 0 Å². The van der Waals surface area contributed by atoms with Gasteiger partial charge in [0.05, 0.1) is 25.1 Å². The molecule has 11 nitrogen and oxygen atoms in total. The number of para-hydroxylation sites is 1. The van der Waals surface area contributed by atoms with Crippen LogP contribution in [0.4, 0.5) is 16.1 Å². The average Bonchev–Trinajstić information content (AvgIpc) is 3.55. The highest BCUT2D eigenvalue weighted by atomic mass is 32.2. The highest BCUT2D eigenvalue weighted by Crippen LogP contribution is 2.31. The Balaban J connectivity index is 1.22. The smallest absolute Gasteiger partial charge is 0.295 e. The molecule has 0 radical (unpaired) electrons. The van der Waals surface area contributed by atoms with Crippen LogP contribution < -0.4 is 19.5 Å². The summed E-state index contributed by atoms with van der Waals surface area (Å²) in [6.07, 6.45) is 2.95. The van der Waals surface area contributed by atoms with Gasteiger partial charge in [0.25, 0.3) is 16.0 Å². The SMILES string of the molecule is CCOc1cc(CN2CCC(Nc3nc4cccc(NS(=O)(=O)c5cnc(C)[nH]5)c4o3)CC2)cc(OCC)c1F. The zero-order chi connectivity index (χ0) is 28.3. The van der Waals surface area contributed by atoms with Crippen LogP contribution in [-0.4, -0.2) is 60.6 Å². The van der Waals surface area contributed by atoms with Gasteiger partial charge in [0.15, 0.2) is 22.1 Å². The van der Waals surface area contributed by atoms with Gasteiger partial charge in [0.1, 0.15) is 11.3 Å². The third kappa shape index (κ3) is 6.15. The first-order valence-corrected chi connectivity index (χ1v) is 14.7. The highest BCUT2D eigenvalue weighted by molar-refractivity contribution is 7.92. The lowest BCUT2D eigenvalue weighted by atomic mass is 10.0. The number of benzene rings is 2. The first-order chi connectivity index (χ1) is 19.3. The Morgan fingerprint density at radius 2 is 1.85 bits per heavy atom. The molecule has 0 atom stereocenters. The van der Waals surface area contributed by atoms with E-state index in [2.05, 4.69) is 29.9 Å². The van der Waals surface area contributed by atoms with Crippen LogP contribution in [0.5, 0.6) is 11.5 Å². The zero-order valence-corrected chi connectivity index (χ0v) is 23.5. The molecule has 1 fully saturated rings. The van der Waals surface area contributed by atoms with Crippen molar-refractivity contribution in [3.8, 4) is 11.5 Å². The van der Waals surface area contributed by atoms with E-state index in [1.165, 1.54) is 6.20 Å². The topological polar surface area (TPSA) is 135 Å². The molecule has 214 valence electrons. The summed E-state index contributed by atoms with van der Waals surface area (Å²) in [5.41, 5.74) is 2.09. The second-order valence-electron chi connectivity index (χ2n) is 9.58. The van der Waals surface area contributed by atoms with Crippen LogP contribution in [0.3, 0.4) is 0 Å². The van der Waals surface area contributed by atoms with Gasteiger partial charge in [-0.15, -0.1) is 0 Å². The Kier molecular flexibility index (Phi) is 8.12. The molecule has 4 aromatic rings. The Bertz CT molecular complexity index is 1550. The number of nitrogens with zero attached hydrogens (tertiary/aromatic N) is 3. The fraction of sp³-hybridized carbons (Fsp3) is 0.407. The monoisotopic (exact) mass is 572 g/mol. The standard InChI is InChI=1S/C27H33FN6O5S/c1-4-37-22-13-18(14-23(25(22)28)38-5-2)16-34-11-9-19(10-12-34)31-27-32-20-7-6-8-21(26(20)39-27)33-40(35,36)24-15-29-17(3)30-24/h6-8,13-15,19,33H,4-5,9-12,16H2,1-3H3,(H,29,30)(H,31,32). The molecule has 13 heteroatoms. The maximum absolute atomic E-state index is 14.6. The quantitative estimate of drug-likeness (QED) is 0.234. The summed E-state index contributed by atoms with van der Waals surface area (Å²) in [5.74, 6) is 0.439. The fourth-order valence-corrected chi connectivity index (χ4v) is 5.77. The second kappa shape index (κ2) is 11.7. The minimum absolute atomic E-state index is 0.0320. The summed E-state index contributed by atoms with van der Waals surface area (Å²) in [6.45, 7) is 8.35. The molecule has 0 saturated carbocycles. The fourth-order valence-electron chi connectivity index (χ4n) is 4.73. The van der Waals surface area contributed by atoms with Crippen molar-refractivity contribution < 1.29 is 26.7 Å². The van der Waals surface area contributed by atoms with Gasteiger partial charge in [0.2, 0.25) is 5.82 Å². The summed E-state index contributed by atoms with van der Waals surface area (Å²) in [6, 6.07) is 9.04. The number of aromatic nitrogens is 3. The predicted octanol–water partition coefficient (Wildman–Crippen LogP) is 4.67. The molecule has 0 unspecified atom stereocenters. The van der Waals surface area contributed by atoms with Crippen molar-refractivity contribution in [3.63, 3.8) is 0 Å². The number of oxazole rings is 1. The van der Waals surface area contributed by atoms with E-state index < -0.39 is 15.8 Å². The lowest BCUT2D eigenvalue weighted by Gasteiger charge is -2.32. The third-order valence-corrected chi connectivity index (χ3v) is 7.89. The van der Waals surface area contributed by atoms with Crippen molar-refractivity contribution in [1.29, 1.82) is 0 Å². The molecule has 1 aliphatic heterocycles. The summed E-state index contributed by atoms with van der Waals surface area (Å²) in [4.78, 5) is 13.5. The summed E-state index contributed by atoms with van der Waals surface area (Å²) in [7, 11) is -3.87. The van der Waals surface area contributed by atoms with E-state index in [4.69, 9.17) is 13.9 Å². The Morgan fingerprint density at radius 3 is 2.48 bits per heavy atom. The van der Waals surface area contributed by atoms with E-state index in [9.17, 15) is 12.8 Å². The van der Waals surface area contributed by atoms with Crippen LogP contribution >= 0.6 is 0 Å². The van der Waals surface area contributed by atoms with Crippen molar-refractivity contribution in [1.82, 2.24) is 19.9 Å². The van der Waals surface area contributed by atoms with Gasteiger partial charge >= 0.3 is 0 Å². The van der Waals surface area contributed by atoms with Crippen molar-refractivity contribution in [3.05, 3.63) is 53.7 Å². The molecule has 3 N–H and O–H groups in total. The molecule has 0 bridgehead atoms. The minimum Gasteiger partial charge on any atom is -0.491 e. The zero-order valence-electron chi connectivity index (χ0n) is 22.7. The van der Waals surface area contributed by atoms with E-state index in [1.807, 2.05) is 13.8 Å². The molecule has 0 aliphatic carbocycles. The number of likely N-dealkylation sites (tertiary alicyclic amines) is 1. The van der Waals surface area contributed by atoms with E-state index in [0.717, 1.165) is 31.5 Å². The average molecular weight is 573 g/mol. The largest absolute Gasteiger partial charge is 0.491 e. The molecular weight excluding hydrogens is 539 g/mol. The second-order valence-corrected chi connectivity index (χ2v) is 11.2. The van der Waals surface area contributed by atoms with Crippen molar-refractivity contribution in [2.45, 2.75) is 51.2 Å². The van der Waals surface area contributed by atoms with Crippen LogP contribution in [0.1, 0.15) is 38.1 Å². The Hall–Kier alpha value is -3.84. The number of fused-ring (bicyclic) bond motifs is 1. The van der Waals surface area contributed by atoms with Crippen molar-refractivity contribution in [2.24, 2.45) is 0 Å². The maximum atomic E-state index is 14.6. The van der Waals surface area contributed by atoms with Gasteiger partial charge in [-0.2, -0.15) is 17.8 Å². The lowest BCUT2D eigenvalue weighted by Crippen LogP contribution is -2.38. The first-order valence-electron chi connectivity index (χ1n) is 13.3. The molecule has 40 heavy (non-hydrogen) atoms. The van der Waals surface area contributed by atoms with E-state index in [1.54, 1.807) is 37.3 Å². The summed E-state index contributed by atoms with van der Waals surface area (Å²) >= 11 is 0. The first kappa shape index (κ1) is 27.7. The molecule has 0 amide bonds. The number of nitrogens with one attached hydrogen (secondary N) is 3. The number of rotatable bonds is 11. The van der Waals surface area contributed by atoms with Gasteiger partial charge < -0.3 is 24.2 Å². The number of hydrogen-bond acceptors (Lipinski definition) is 9. The number of aryl methyl sites for hydroxylation is 1. The lowest BCUT2D eigenvalue weighted by molar-refractivity contribution is 0.209. The van der Waals surface area contributed by atoms with Crippen molar-refractivity contribution in [2.75, 3.05) is 36.3 Å². The molecule has 5 rings (SSSR count). The van der Waals surface area contributed by atoms with Crippen LogP contribution in [0.2, 0.25) is 0 Å². The molecule has 2 aromatic heterocycles. The van der Waals surface area contributed by atoms with Crippen LogP contribution in [0, 0.1) is 12.7 Å². The predicted molar refractivity (Wildman–Crippen MR) is 149 cm³/mol. The number of ether oxygens (including phenoxy) is 2. The molecule has 3 heterocycles.